The predicted octanol–water partition coefficient (Wildman–Crippen LogP) is 3.20. The van der Waals surface area contributed by atoms with Crippen LogP contribution in [0.5, 0.6) is 11.5 Å². The molecule has 2 aromatic carbocycles. The minimum absolute atomic E-state index is 0.229. The van der Waals surface area contributed by atoms with Crippen molar-refractivity contribution < 1.29 is 19.1 Å². The molecule has 4 heteroatoms. The lowest BCUT2D eigenvalue weighted by Crippen LogP contribution is -2.07. The molecular weight excluding hydrogens is 256 g/mol. The van der Waals surface area contributed by atoms with Crippen molar-refractivity contribution in [3.63, 3.8) is 0 Å². The number of benzene rings is 2. The summed E-state index contributed by atoms with van der Waals surface area (Å²) in [5.41, 5.74) is 1.85. The lowest BCUT2D eigenvalue weighted by atomic mass is 10.1. The molecule has 0 heterocycles. The van der Waals surface area contributed by atoms with Gasteiger partial charge in [-0.3, -0.25) is 9.59 Å². The van der Waals surface area contributed by atoms with Crippen LogP contribution in [0.2, 0.25) is 0 Å². The number of carbonyl (C=O) groups excluding carboxylic acids is 2. The summed E-state index contributed by atoms with van der Waals surface area (Å²) in [7, 11) is 0. The number of rotatable bonds is 3. The van der Waals surface area contributed by atoms with Crippen LogP contribution in [0.3, 0.4) is 0 Å². The molecule has 0 amide bonds. The van der Waals surface area contributed by atoms with Gasteiger partial charge in [0.2, 0.25) is 0 Å². The van der Waals surface area contributed by atoms with E-state index in [-0.39, 0.29) is 11.5 Å². The quantitative estimate of drug-likeness (QED) is 0.635. The molecule has 2 rings (SSSR count). The summed E-state index contributed by atoms with van der Waals surface area (Å²) in [6.07, 6.45) is 0. The molecule has 0 radical (unpaired) electrons. The minimum atomic E-state index is -0.469. The third-order valence-corrected chi connectivity index (χ3v) is 2.56. The molecule has 0 saturated heterocycles. The van der Waals surface area contributed by atoms with Gasteiger partial charge in [0.15, 0.2) is 11.5 Å². The van der Waals surface area contributed by atoms with Crippen molar-refractivity contribution in [3.05, 3.63) is 48.5 Å². The van der Waals surface area contributed by atoms with Gasteiger partial charge in [0, 0.05) is 13.8 Å². The molecular formula is C16H14O4. The lowest BCUT2D eigenvalue weighted by molar-refractivity contribution is -0.134. The summed E-state index contributed by atoms with van der Waals surface area (Å²) in [6.45, 7) is 2.59. The monoisotopic (exact) mass is 270 g/mol. The third kappa shape index (κ3) is 3.45. The molecule has 0 spiro atoms. The van der Waals surface area contributed by atoms with Crippen LogP contribution in [0.25, 0.3) is 11.1 Å². The van der Waals surface area contributed by atoms with Gasteiger partial charge in [-0.2, -0.15) is 0 Å². The first-order valence-corrected chi connectivity index (χ1v) is 6.12. The molecule has 0 unspecified atom stereocenters. The molecule has 20 heavy (non-hydrogen) atoms. The lowest BCUT2D eigenvalue weighted by Gasteiger charge is -2.10. The highest BCUT2D eigenvalue weighted by Gasteiger charge is 2.11. The Hall–Kier alpha value is -2.62. The van der Waals surface area contributed by atoms with E-state index in [4.69, 9.17) is 9.47 Å². The summed E-state index contributed by atoms with van der Waals surface area (Å²) in [5.74, 6) is -0.476. The van der Waals surface area contributed by atoms with E-state index in [1.54, 1.807) is 18.2 Å². The summed E-state index contributed by atoms with van der Waals surface area (Å²) < 4.78 is 10.1. The number of ether oxygens (including phenoxy) is 2. The zero-order valence-corrected chi connectivity index (χ0v) is 11.3. The largest absolute Gasteiger partial charge is 0.423 e. The first-order valence-electron chi connectivity index (χ1n) is 6.12. The summed E-state index contributed by atoms with van der Waals surface area (Å²) in [4.78, 5) is 22.2. The van der Waals surface area contributed by atoms with Gasteiger partial charge in [-0.25, -0.2) is 0 Å². The molecule has 2 aromatic rings. The minimum Gasteiger partial charge on any atom is -0.423 e. The zero-order chi connectivity index (χ0) is 14.5. The smallest absolute Gasteiger partial charge is 0.308 e. The van der Waals surface area contributed by atoms with Gasteiger partial charge in [-0.05, 0) is 23.3 Å². The Morgan fingerprint density at radius 3 is 1.95 bits per heavy atom. The standard InChI is InChI=1S/C16H14O4/c1-11(17)19-15-9-8-14(10-16(15)20-12(2)18)13-6-4-3-5-7-13/h3-10H,1-2H3. The van der Waals surface area contributed by atoms with Crippen LogP contribution in [0.15, 0.2) is 48.5 Å². The fourth-order valence-electron chi connectivity index (χ4n) is 1.79. The van der Waals surface area contributed by atoms with E-state index < -0.39 is 11.9 Å². The van der Waals surface area contributed by atoms with Gasteiger partial charge < -0.3 is 9.47 Å². The molecule has 4 nitrogen and oxygen atoms in total. The van der Waals surface area contributed by atoms with Crippen molar-refractivity contribution in [1.82, 2.24) is 0 Å². The van der Waals surface area contributed by atoms with Crippen molar-refractivity contribution >= 4 is 11.9 Å². The van der Waals surface area contributed by atoms with Crippen LogP contribution in [-0.4, -0.2) is 11.9 Å². The Balaban J connectivity index is 2.42. The second-order valence-electron chi connectivity index (χ2n) is 4.21. The molecule has 0 bridgehead atoms. The van der Waals surface area contributed by atoms with Crippen LogP contribution < -0.4 is 9.47 Å². The van der Waals surface area contributed by atoms with Crippen molar-refractivity contribution in [2.24, 2.45) is 0 Å². The number of hydrogen-bond donors (Lipinski definition) is 0. The maximum atomic E-state index is 11.1. The van der Waals surface area contributed by atoms with Crippen LogP contribution in [-0.2, 0) is 9.59 Å². The molecule has 0 fully saturated rings. The number of esters is 2. The Labute approximate surface area is 116 Å². The molecule has 0 N–H and O–H groups in total. The summed E-state index contributed by atoms with van der Waals surface area (Å²) >= 11 is 0. The predicted molar refractivity (Wildman–Crippen MR) is 74.5 cm³/mol. The second kappa shape index (κ2) is 6.02. The van der Waals surface area contributed by atoms with Crippen molar-refractivity contribution in [1.29, 1.82) is 0 Å². The molecule has 0 atom stereocenters. The van der Waals surface area contributed by atoms with E-state index in [1.807, 2.05) is 30.3 Å². The van der Waals surface area contributed by atoms with E-state index in [9.17, 15) is 9.59 Å². The summed E-state index contributed by atoms with van der Waals surface area (Å²) in [6, 6.07) is 14.7. The van der Waals surface area contributed by atoms with E-state index in [2.05, 4.69) is 0 Å². The maximum Gasteiger partial charge on any atom is 0.308 e. The fraction of sp³-hybridized carbons (Fsp3) is 0.125. The topological polar surface area (TPSA) is 52.6 Å². The average Bonchev–Trinajstić information content (AvgIpc) is 2.40. The highest BCUT2D eigenvalue weighted by atomic mass is 16.6. The third-order valence-electron chi connectivity index (χ3n) is 2.56. The van der Waals surface area contributed by atoms with Gasteiger partial charge in [-0.1, -0.05) is 36.4 Å². The first kappa shape index (κ1) is 13.8. The van der Waals surface area contributed by atoms with E-state index in [0.29, 0.717) is 0 Å². The molecule has 0 aromatic heterocycles. The average molecular weight is 270 g/mol. The van der Waals surface area contributed by atoms with Crippen molar-refractivity contribution in [2.45, 2.75) is 13.8 Å². The Morgan fingerprint density at radius 1 is 0.750 bits per heavy atom. The van der Waals surface area contributed by atoms with Gasteiger partial charge in [0.25, 0.3) is 0 Å². The molecule has 0 aliphatic carbocycles. The van der Waals surface area contributed by atoms with Gasteiger partial charge in [0.1, 0.15) is 0 Å². The van der Waals surface area contributed by atoms with E-state index >= 15 is 0 Å². The number of hydrogen-bond acceptors (Lipinski definition) is 4. The van der Waals surface area contributed by atoms with E-state index in [0.717, 1.165) is 11.1 Å². The highest BCUT2D eigenvalue weighted by molar-refractivity contribution is 5.76. The van der Waals surface area contributed by atoms with Gasteiger partial charge in [0.05, 0.1) is 0 Å². The number of carbonyl (C=O) groups is 2. The molecule has 102 valence electrons. The van der Waals surface area contributed by atoms with E-state index in [1.165, 1.54) is 13.8 Å². The Kier molecular flexibility index (Phi) is 4.15. The summed E-state index contributed by atoms with van der Waals surface area (Å²) in [5, 5.41) is 0. The zero-order valence-electron chi connectivity index (χ0n) is 11.3. The molecule has 0 saturated carbocycles. The molecule has 0 aliphatic heterocycles. The SMILES string of the molecule is CC(=O)Oc1ccc(-c2ccccc2)cc1OC(C)=O. The highest BCUT2D eigenvalue weighted by Crippen LogP contribution is 2.33. The van der Waals surface area contributed by atoms with Crippen LogP contribution in [0, 0.1) is 0 Å². The Morgan fingerprint density at radius 2 is 1.35 bits per heavy atom. The second-order valence-corrected chi connectivity index (χ2v) is 4.21. The van der Waals surface area contributed by atoms with Crippen molar-refractivity contribution in [3.8, 4) is 22.6 Å². The van der Waals surface area contributed by atoms with Gasteiger partial charge in [-0.15, -0.1) is 0 Å². The van der Waals surface area contributed by atoms with Crippen LogP contribution in [0.1, 0.15) is 13.8 Å². The van der Waals surface area contributed by atoms with Gasteiger partial charge >= 0.3 is 11.9 Å². The Bertz CT molecular complexity index is 632. The first-order chi connectivity index (χ1) is 9.56. The normalized spacial score (nSPS) is 9.90. The van der Waals surface area contributed by atoms with Crippen LogP contribution in [0.4, 0.5) is 0 Å². The van der Waals surface area contributed by atoms with Crippen LogP contribution >= 0.6 is 0 Å². The molecule has 0 aliphatic rings. The maximum absolute atomic E-state index is 11.1. The van der Waals surface area contributed by atoms with Crippen molar-refractivity contribution in [2.75, 3.05) is 0 Å². The fourth-order valence-corrected chi connectivity index (χ4v) is 1.79.